The number of anilines is 2. The molecule has 0 aromatic heterocycles. The zero-order valence-electron chi connectivity index (χ0n) is 23.7. The number of amides is 1. The van der Waals surface area contributed by atoms with Gasteiger partial charge in [0.15, 0.2) is 11.6 Å². The van der Waals surface area contributed by atoms with Crippen LogP contribution in [0.5, 0.6) is 0 Å². The Balaban J connectivity index is 1.52. The zero-order chi connectivity index (χ0) is 29.0. The molecule has 1 amide bonds. The van der Waals surface area contributed by atoms with Gasteiger partial charge in [0.25, 0.3) is 0 Å². The van der Waals surface area contributed by atoms with Crippen molar-refractivity contribution in [1.29, 1.82) is 0 Å². The molecule has 0 aliphatic carbocycles. The van der Waals surface area contributed by atoms with Crippen LogP contribution in [0.2, 0.25) is 0 Å². The first kappa shape index (κ1) is 26.1. The van der Waals surface area contributed by atoms with E-state index in [1.54, 1.807) is 12.1 Å². The first-order valence-electron chi connectivity index (χ1n) is 14.7. The first-order chi connectivity index (χ1) is 20.5. The van der Waals surface area contributed by atoms with E-state index in [4.69, 9.17) is 0 Å². The maximum atomic E-state index is 14.9. The summed E-state index contributed by atoms with van der Waals surface area (Å²) in [5.41, 5.74) is 5.21. The standard InChI is InChI=1S/C37H32N2O3/c1-3-11-24-18-20-26(21-19-24)34(40)32-33(35(41)25-12-5-4-6-13-25)39-30-17-10-7-14-27(30)23(2)22-31(39)37(32)28-15-8-9-16-29(28)38-36(37)42/h4-10,12-22,31-33H,3,11H2,1-2H3,(H,38,42)/t31-,32+,33+,37+/m1/s1. The van der Waals surface area contributed by atoms with Crippen molar-refractivity contribution in [3.8, 4) is 0 Å². The molecule has 1 saturated heterocycles. The van der Waals surface area contributed by atoms with Gasteiger partial charge >= 0.3 is 0 Å². The number of benzene rings is 4. The summed E-state index contributed by atoms with van der Waals surface area (Å²) >= 11 is 0. The van der Waals surface area contributed by atoms with Crippen LogP contribution in [-0.4, -0.2) is 29.6 Å². The lowest BCUT2D eigenvalue weighted by Gasteiger charge is -2.39. The second-order valence-corrected chi connectivity index (χ2v) is 11.6. The number of para-hydroxylation sites is 2. The molecule has 4 atom stereocenters. The lowest BCUT2D eigenvalue weighted by Crippen LogP contribution is -2.51. The molecule has 3 aliphatic heterocycles. The summed E-state index contributed by atoms with van der Waals surface area (Å²) in [6.45, 7) is 4.17. The minimum Gasteiger partial charge on any atom is -0.352 e. The molecule has 0 radical (unpaired) electrons. The van der Waals surface area contributed by atoms with Crippen molar-refractivity contribution < 1.29 is 14.4 Å². The Bertz CT molecular complexity index is 1760. The summed E-state index contributed by atoms with van der Waals surface area (Å²) in [6, 6.07) is 31.0. The average molecular weight is 553 g/mol. The maximum Gasteiger partial charge on any atom is 0.238 e. The Hall–Kier alpha value is -4.77. The minimum absolute atomic E-state index is 0.168. The number of Topliss-reactive ketones (excluding diaryl/α,β-unsaturated/α-hetero) is 2. The van der Waals surface area contributed by atoms with Gasteiger partial charge in [0.05, 0.1) is 12.0 Å². The fraction of sp³-hybridized carbons (Fsp3) is 0.216. The van der Waals surface area contributed by atoms with E-state index in [1.165, 1.54) is 0 Å². The highest BCUT2D eigenvalue weighted by atomic mass is 16.2. The van der Waals surface area contributed by atoms with Crippen LogP contribution in [0.3, 0.4) is 0 Å². The lowest BCUT2D eigenvalue weighted by molar-refractivity contribution is -0.121. The summed E-state index contributed by atoms with van der Waals surface area (Å²) < 4.78 is 0. The number of nitrogens with one attached hydrogen (secondary N) is 1. The number of hydrogen-bond acceptors (Lipinski definition) is 4. The number of rotatable bonds is 6. The highest BCUT2D eigenvalue weighted by Gasteiger charge is 2.70. The minimum atomic E-state index is -1.31. The van der Waals surface area contributed by atoms with Crippen LogP contribution in [0.1, 0.15) is 57.7 Å². The summed E-state index contributed by atoms with van der Waals surface area (Å²) in [7, 11) is 0. The van der Waals surface area contributed by atoms with Gasteiger partial charge in [-0.15, -0.1) is 0 Å². The molecule has 1 N–H and O–H groups in total. The molecule has 4 aromatic rings. The van der Waals surface area contributed by atoms with Crippen LogP contribution in [0.15, 0.2) is 109 Å². The average Bonchev–Trinajstić information content (AvgIpc) is 3.49. The molecule has 3 heterocycles. The van der Waals surface area contributed by atoms with E-state index in [-0.39, 0.29) is 17.5 Å². The van der Waals surface area contributed by atoms with Crippen LogP contribution in [0.4, 0.5) is 11.4 Å². The SMILES string of the molecule is CCCc1ccc(C(=O)[C@@H]2[C@@H](C(=O)c3ccccc3)N3c4ccccc4C(C)=C[C@@H]3[C@]23C(=O)Nc2ccccc23)cc1. The second-order valence-electron chi connectivity index (χ2n) is 11.6. The lowest BCUT2D eigenvalue weighted by atomic mass is 9.64. The van der Waals surface area contributed by atoms with Crippen molar-refractivity contribution in [3.05, 3.63) is 137 Å². The predicted octanol–water partition coefficient (Wildman–Crippen LogP) is 6.89. The Morgan fingerprint density at radius 1 is 0.810 bits per heavy atom. The normalized spacial score (nSPS) is 23.6. The molecular weight excluding hydrogens is 520 g/mol. The van der Waals surface area contributed by atoms with Crippen molar-refractivity contribution >= 4 is 34.4 Å². The van der Waals surface area contributed by atoms with Gasteiger partial charge in [0.2, 0.25) is 5.91 Å². The molecule has 0 bridgehead atoms. The third kappa shape index (κ3) is 3.66. The maximum absolute atomic E-state index is 14.9. The molecule has 3 aliphatic rings. The molecular formula is C37H32N2O3. The van der Waals surface area contributed by atoms with Crippen molar-refractivity contribution in [2.75, 3.05) is 10.2 Å². The number of hydrogen-bond donors (Lipinski definition) is 1. The molecule has 5 heteroatoms. The number of allylic oxidation sites excluding steroid dienone is 1. The quantitative estimate of drug-likeness (QED) is 0.265. The summed E-state index contributed by atoms with van der Waals surface area (Å²) in [6.07, 6.45) is 4.02. The van der Waals surface area contributed by atoms with E-state index in [0.717, 1.165) is 40.8 Å². The number of nitrogens with zero attached hydrogens (tertiary/aromatic N) is 1. The Morgan fingerprint density at radius 2 is 1.48 bits per heavy atom. The molecule has 1 fully saturated rings. The molecule has 42 heavy (non-hydrogen) atoms. The Morgan fingerprint density at radius 3 is 2.24 bits per heavy atom. The summed E-state index contributed by atoms with van der Waals surface area (Å²) in [5.74, 6) is -1.58. The van der Waals surface area contributed by atoms with Gasteiger partial charge in [0, 0.05) is 28.1 Å². The molecule has 5 nitrogen and oxygen atoms in total. The smallest absolute Gasteiger partial charge is 0.238 e. The zero-order valence-corrected chi connectivity index (χ0v) is 23.7. The van der Waals surface area contributed by atoms with Crippen molar-refractivity contribution in [2.24, 2.45) is 5.92 Å². The van der Waals surface area contributed by atoms with Crippen molar-refractivity contribution in [3.63, 3.8) is 0 Å². The van der Waals surface area contributed by atoms with Gasteiger partial charge in [0.1, 0.15) is 11.5 Å². The van der Waals surface area contributed by atoms with E-state index in [2.05, 4.69) is 23.2 Å². The molecule has 7 rings (SSSR count). The van der Waals surface area contributed by atoms with Crippen LogP contribution in [0, 0.1) is 5.92 Å². The number of fused-ring (bicyclic) bond motifs is 6. The number of ketones is 2. The van der Waals surface area contributed by atoms with Crippen LogP contribution >= 0.6 is 0 Å². The van der Waals surface area contributed by atoms with Crippen LogP contribution in [-0.2, 0) is 16.6 Å². The Kier molecular flexibility index (Phi) is 6.19. The number of carbonyl (C=O) groups is 3. The van der Waals surface area contributed by atoms with E-state index in [1.807, 2.05) is 97.9 Å². The number of carbonyl (C=O) groups excluding carboxylic acids is 3. The van der Waals surface area contributed by atoms with Gasteiger partial charge in [-0.25, -0.2) is 0 Å². The third-order valence-corrected chi connectivity index (χ3v) is 9.27. The number of aryl methyl sites for hydroxylation is 1. The fourth-order valence-electron chi connectivity index (χ4n) is 7.46. The van der Waals surface area contributed by atoms with E-state index in [9.17, 15) is 14.4 Å². The van der Waals surface area contributed by atoms with Gasteiger partial charge in [-0.3, -0.25) is 14.4 Å². The van der Waals surface area contributed by atoms with Crippen molar-refractivity contribution in [1.82, 2.24) is 0 Å². The Labute approximate surface area is 245 Å². The fourth-order valence-corrected chi connectivity index (χ4v) is 7.46. The van der Waals surface area contributed by atoms with Gasteiger partial charge in [-0.1, -0.05) is 110 Å². The van der Waals surface area contributed by atoms with Crippen LogP contribution < -0.4 is 10.2 Å². The van der Waals surface area contributed by atoms with Gasteiger partial charge in [-0.05, 0) is 42.2 Å². The van der Waals surface area contributed by atoms with Gasteiger partial charge in [-0.2, -0.15) is 0 Å². The molecule has 4 aromatic carbocycles. The third-order valence-electron chi connectivity index (χ3n) is 9.27. The second kappa shape index (κ2) is 9.95. The topological polar surface area (TPSA) is 66.5 Å². The monoisotopic (exact) mass is 552 g/mol. The molecule has 0 saturated carbocycles. The van der Waals surface area contributed by atoms with Crippen LogP contribution in [0.25, 0.3) is 5.57 Å². The van der Waals surface area contributed by atoms with E-state index < -0.39 is 23.4 Å². The molecule has 208 valence electrons. The van der Waals surface area contributed by atoms with E-state index in [0.29, 0.717) is 16.8 Å². The molecule has 1 spiro atoms. The first-order valence-corrected chi connectivity index (χ1v) is 14.7. The highest BCUT2D eigenvalue weighted by Crippen LogP contribution is 2.58. The predicted molar refractivity (Wildman–Crippen MR) is 166 cm³/mol. The van der Waals surface area contributed by atoms with E-state index >= 15 is 0 Å². The van der Waals surface area contributed by atoms with Gasteiger partial charge < -0.3 is 10.2 Å². The molecule has 0 unspecified atom stereocenters. The highest BCUT2D eigenvalue weighted by molar-refractivity contribution is 6.18. The van der Waals surface area contributed by atoms with Crippen molar-refractivity contribution in [2.45, 2.75) is 44.2 Å². The summed E-state index contributed by atoms with van der Waals surface area (Å²) in [4.78, 5) is 46.2. The summed E-state index contributed by atoms with van der Waals surface area (Å²) in [5, 5.41) is 3.11. The largest absolute Gasteiger partial charge is 0.352 e.